The minimum atomic E-state index is -2.64. The molecule has 0 aliphatic carbocycles. The van der Waals surface area contributed by atoms with Crippen molar-refractivity contribution in [2.45, 2.75) is 24.4 Å². The minimum Gasteiger partial charge on any atom is -0.352 e. The van der Waals surface area contributed by atoms with Crippen molar-refractivity contribution in [2.75, 3.05) is 11.9 Å². The van der Waals surface area contributed by atoms with E-state index in [1.165, 1.54) is 4.57 Å². The third kappa shape index (κ3) is 4.66. The van der Waals surface area contributed by atoms with Crippen LogP contribution in [-0.4, -0.2) is 33.7 Å². The number of aromatic nitrogens is 2. The standard InChI is InChI=1S/C19H18F2N4O2S/c1-2-22-17(27)12-7-9-13(10-8-12)23-16(26)11-25-15-6-4-3-5-14(15)24-19(25)28-18(20)21/h3-10,18H,2,11H2,1H3,(H,22,27)(H,23,26). The summed E-state index contributed by atoms with van der Waals surface area (Å²) in [5.41, 5.74) is 2.14. The molecule has 0 saturated heterocycles. The van der Waals surface area contributed by atoms with Crippen LogP contribution in [-0.2, 0) is 11.3 Å². The van der Waals surface area contributed by atoms with E-state index in [0.29, 0.717) is 40.6 Å². The zero-order valence-corrected chi connectivity index (χ0v) is 15.8. The molecule has 1 aromatic heterocycles. The summed E-state index contributed by atoms with van der Waals surface area (Å²) in [4.78, 5) is 28.4. The molecule has 3 rings (SSSR count). The van der Waals surface area contributed by atoms with Gasteiger partial charge < -0.3 is 15.2 Å². The number of alkyl halides is 2. The van der Waals surface area contributed by atoms with E-state index in [1.54, 1.807) is 48.5 Å². The first-order chi connectivity index (χ1) is 13.5. The molecule has 0 radical (unpaired) electrons. The molecule has 0 unspecified atom stereocenters. The lowest BCUT2D eigenvalue weighted by molar-refractivity contribution is -0.116. The maximum absolute atomic E-state index is 12.8. The van der Waals surface area contributed by atoms with Gasteiger partial charge in [-0.3, -0.25) is 9.59 Å². The summed E-state index contributed by atoms with van der Waals surface area (Å²) in [7, 11) is 0. The molecule has 0 bridgehead atoms. The normalized spacial score (nSPS) is 11.0. The van der Waals surface area contributed by atoms with Crippen molar-refractivity contribution >= 4 is 40.3 Å². The SMILES string of the molecule is CCNC(=O)c1ccc(NC(=O)Cn2c(SC(F)F)nc3ccccc32)cc1. The van der Waals surface area contributed by atoms with Gasteiger partial charge in [-0.25, -0.2) is 4.98 Å². The first-order valence-corrected chi connectivity index (χ1v) is 9.44. The van der Waals surface area contributed by atoms with Crippen molar-refractivity contribution in [1.82, 2.24) is 14.9 Å². The molecule has 0 spiro atoms. The Morgan fingerprint density at radius 1 is 1.14 bits per heavy atom. The van der Waals surface area contributed by atoms with Gasteiger partial charge in [0.25, 0.3) is 11.7 Å². The van der Waals surface area contributed by atoms with Crippen molar-refractivity contribution in [3.8, 4) is 0 Å². The van der Waals surface area contributed by atoms with E-state index < -0.39 is 5.76 Å². The second-order valence-corrected chi connectivity index (χ2v) is 6.79. The van der Waals surface area contributed by atoms with Gasteiger partial charge in [0.05, 0.1) is 11.0 Å². The molecular formula is C19H18F2N4O2S. The number of rotatable bonds is 7. The smallest absolute Gasteiger partial charge is 0.291 e. The van der Waals surface area contributed by atoms with Gasteiger partial charge in [-0.05, 0) is 55.1 Å². The highest BCUT2D eigenvalue weighted by Gasteiger charge is 2.18. The lowest BCUT2D eigenvalue weighted by atomic mass is 10.2. The van der Waals surface area contributed by atoms with Gasteiger partial charge in [0.2, 0.25) is 5.91 Å². The van der Waals surface area contributed by atoms with Crippen LogP contribution in [0.5, 0.6) is 0 Å². The van der Waals surface area contributed by atoms with Gasteiger partial charge >= 0.3 is 0 Å². The van der Waals surface area contributed by atoms with E-state index in [-0.39, 0.29) is 23.5 Å². The Labute approximate surface area is 164 Å². The van der Waals surface area contributed by atoms with Crippen LogP contribution in [0.25, 0.3) is 11.0 Å². The number of carbonyl (C=O) groups is 2. The van der Waals surface area contributed by atoms with E-state index in [4.69, 9.17) is 0 Å². The Balaban J connectivity index is 1.75. The number of nitrogens with one attached hydrogen (secondary N) is 2. The number of hydrogen-bond acceptors (Lipinski definition) is 4. The zero-order chi connectivity index (χ0) is 20.1. The lowest BCUT2D eigenvalue weighted by Crippen LogP contribution is -2.22. The first-order valence-electron chi connectivity index (χ1n) is 8.56. The Kier molecular flexibility index (Phi) is 6.25. The topological polar surface area (TPSA) is 76.0 Å². The number of anilines is 1. The van der Waals surface area contributed by atoms with Gasteiger partial charge in [0.1, 0.15) is 6.54 Å². The highest BCUT2D eigenvalue weighted by molar-refractivity contribution is 7.99. The van der Waals surface area contributed by atoms with Crippen LogP contribution in [0.15, 0.2) is 53.7 Å². The Bertz CT molecular complexity index is 989. The molecule has 1 heterocycles. The first kappa shape index (κ1) is 19.8. The molecule has 0 aliphatic heterocycles. The van der Waals surface area contributed by atoms with E-state index in [1.807, 2.05) is 6.92 Å². The number of halogens is 2. The van der Waals surface area contributed by atoms with Crippen molar-refractivity contribution in [3.05, 3.63) is 54.1 Å². The van der Waals surface area contributed by atoms with Crippen LogP contribution in [0.1, 0.15) is 17.3 Å². The molecular weight excluding hydrogens is 386 g/mol. The molecule has 9 heteroatoms. The van der Waals surface area contributed by atoms with Crippen molar-refractivity contribution in [2.24, 2.45) is 0 Å². The van der Waals surface area contributed by atoms with E-state index in [9.17, 15) is 18.4 Å². The van der Waals surface area contributed by atoms with Gasteiger partial charge in [-0.1, -0.05) is 12.1 Å². The maximum Gasteiger partial charge on any atom is 0.291 e. The maximum atomic E-state index is 12.8. The fourth-order valence-corrected chi connectivity index (χ4v) is 3.29. The summed E-state index contributed by atoms with van der Waals surface area (Å²) in [6, 6.07) is 13.4. The van der Waals surface area contributed by atoms with Gasteiger partial charge in [-0.15, -0.1) is 0 Å². The van der Waals surface area contributed by atoms with Gasteiger partial charge in [0, 0.05) is 17.8 Å². The molecule has 2 amide bonds. The predicted molar refractivity (Wildman–Crippen MR) is 105 cm³/mol. The molecule has 3 aromatic rings. The fourth-order valence-electron chi connectivity index (χ4n) is 2.69. The molecule has 6 nitrogen and oxygen atoms in total. The van der Waals surface area contributed by atoms with Crippen LogP contribution in [0, 0.1) is 0 Å². The van der Waals surface area contributed by atoms with Gasteiger partial charge in [-0.2, -0.15) is 8.78 Å². The third-order valence-corrected chi connectivity index (χ3v) is 4.58. The Hall–Kier alpha value is -2.94. The van der Waals surface area contributed by atoms with Crippen LogP contribution >= 0.6 is 11.8 Å². The summed E-state index contributed by atoms with van der Waals surface area (Å²) >= 11 is 0.303. The van der Waals surface area contributed by atoms with Gasteiger partial charge in [0.15, 0.2) is 5.16 Å². The zero-order valence-electron chi connectivity index (χ0n) is 15.0. The molecule has 146 valence electrons. The summed E-state index contributed by atoms with van der Waals surface area (Å²) in [6.07, 6.45) is 0. The van der Waals surface area contributed by atoms with E-state index in [0.717, 1.165) is 0 Å². The number of fused-ring (bicyclic) bond motifs is 1. The van der Waals surface area contributed by atoms with Crippen LogP contribution < -0.4 is 10.6 Å². The quantitative estimate of drug-likeness (QED) is 0.588. The minimum absolute atomic E-state index is 0.0814. The fraction of sp³-hybridized carbons (Fsp3) is 0.211. The largest absolute Gasteiger partial charge is 0.352 e. The number of carbonyl (C=O) groups excluding carboxylic acids is 2. The molecule has 0 aliphatic rings. The average Bonchev–Trinajstić information content (AvgIpc) is 2.99. The van der Waals surface area contributed by atoms with Crippen molar-refractivity contribution < 1.29 is 18.4 Å². The number of amides is 2. The molecule has 0 fully saturated rings. The second kappa shape index (κ2) is 8.83. The van der Waals surface area contributed by atoms with Crippen LogP contribution in [0.3, 0.4) is 0 Å². The molecule has 0 saturated carbocycles. The number of benzene rings is 2. The van der Waals surface area contributed by atoms with E-state index in [2.05, 4.69) is 15.6 Å². The highest BCUT2D eigenvalue weighted by Crippen LogP contribution is 2.28. The molecule has 2 N–H and O–H groups in total. The second-order valence-electron chi connectivity index (χ2n) is 5.83. The van der Waals surface area contributed by atoms with Crippen molar-refractivity contribution in [3.63, 3.8) is 0 Å². The number of thioether (sulfide) groups is 1. The number of para-hydroxylation sites is 2. The van der Waals surface area contributed by atoms with Crippen molar-refractivity contribution in [1.29, 1.82) is 0 Å². The summed E-state index contributed by atoms with van der Waals surface area (Å²) in [5, 5.41) is 5.48. The van der Waals surface area contributed by atoms with Crippen LogP contribution in [0.4, 0.5) is 14.5 Å². The highest BCUT2D eigenvalue weighted by atomic mass is 32.2. The molecule has 0 atom stereocenters. The average molecular weight is 404 g/mol. The molecule has 28 heavy (non-hydrogen) atoms. The number of hydrogen-bond donors (Lipinski definition) is 2. The third-order valence-electron chi connectivity index (χ3n) is 3.88. The summed E-state index contributed by atoms with van der Waals surface area (Å²) in [5.74, 6) is -3.22. The Morgan fingerprint density at radius 2 is 1.86 bits per heavy atom. The lowest BCUT2D eigenvalue weighted by Gasteiger charge is -2.10. The summed E-state index contributed by atoms with van der Waals surface area (Å²) < 4.78 is 27.2. The predicted octanol–water partition coefficient (Wildman–Crippen LogP) is 3.74. The number of imidazole rings is 1. The monoisotopic (exact) mass is 404 g/mol. The van der Waals surface area contributed by atoms with E-state index >= 15 is 0 Å². The summed E-state index contributed by atoms with van der Waals surface area (Å²) in [6.45, 7) is 2.19. The molecule has 2 aromatic carbocycles. The Morgan fingerprint density at radius 3 is 2.54 bits per heavy atom. The number of nitrogens with zero attached hydrogens (tertiary/aromatic N) is 2. The van der Waals surface area contributed by atoms with Crippen LogP contribution in [0.2, 0.25) is 0 Å².